The van der Waals surface area contributed by atoms with E-state index in [2.05, 4.69) is 88.4 Å². The van der Waals surface area contributed by atoms with Crippen LogP contribution in [-0.4, -0.2) is 4.68 Å². The van der Waals surface area contributed by atoms with Crippen LogP contribution in [0.5, 0.6) is 0 Å². The molecule has 2 nitrogen and oxygen atoms in total. The van der Waals surface area contributed by atoms with E-state index in [1.807, 2.05) is 0 Å². The Bertz CT molecular complexity index is 1010. The molecule has 0 radical (unpaired) electrons. The van der Waals surface area contributed by atoms with Gasteiger partial charge in [0.05, 0.1) is 11.1 Å². The molecule has 3 aromatic carbocycles. The van der Waals surface area contributed by atoms with Crippen LogP contribution in [0, 0.1) is 0 Å². The number of rotatable bonds is 1. The summed E-state index contributed by atoms with van der Waals surface area (Å²) in [7, 11) is 0. The molecule has 0 saturated carbocycles. The number of benzene rings is 3. The van der Waals surface area contributed by atoms with Crippen molar-refractivity contribution in [1.29, 1.82) is 0 Å². The van der Waals surface area contributed by atoms with E-state index in [9.17, 15) is 0 Å². The zero-order valence-corrected chi connectivity index (χ0v) is 12.1. The highest BCUT2D eigenvalue weighted by molar-refractivity contribution is 5.88. The van der Waals surface area contributed by atoms with Crippen LogP contribution in [0.3, 0.4) is 0 Å². The average molecular weight is 283 g/mol. The van der Waals surface area contributed by atoms with Crippen LogP contribution in [0.4, 0.5) is 0 Å². The van der Waals surface area contributed by atoms with Gasteiger partial charge >= 0.3 is 0 Å². The second-order valence-electron chi connectivity index (χ2n) is 5.77. The molecule has 0 fully saturated rings. The quantitative estimate of drug-likeness (QED) is 0.414. The molecule has 0 bridgehead atoms. The van der Waals surface area contributed by atoms with Gasteiger partial charge in [-0.3, -0.25) is 0 Å². The monoisotopic (exact) mass is 283 g/mol. The molecule has 0 saturated heterocycles. The van der Waals surface area contributed by atoms with Gasteiger partial charge in [-0.05, 0) is 23.1 Å². The highest BCUT2D eigenvalue weighted by Crippen LogP contribution is 2.27. The lowest BCUT2D eigenvalue weighted by Gasteiger charge is -2.04. The lowest BCUT2D eigenvalue weighted by Crippen LogP contribution is -2.39. The normalized spacial score (nSPS) is 12.4. The van der Waals surface area contributed by atoms with Crippen molar-refractivity contribution >= 4 is 10.8 Å². The second-order valence-corrected chi connectivity index (χ2v) is 5.77. The number of aromatic nitrogens is 2. The third-order valence-corrected chi connectivity index (χ3v) is 4.50. The van der Waals surface area contributed by atoms with Crippen LogP contribution >= 0.6 is 0 Å². The molecule has 4 aromatic rings. The molecular weight excluding hydrogens is 268 g/mol. The molecule has 1 aliphatic heterocycles. The lowest BCUT2D eigenvalue weighted by molar-refractivity contribution is -0.673. The van der Waals surface area contributed by atoms with E-state index in [1.165, 1.54) is 33.4 Å². The minimum absolute atomic E-state index is 1.01. The number of nitrogens with zero attached hydrogens (tertiary/aromatic N) is 2. The first-order valence-electron chi connectivity index (χ1n) is 7.61. The van der Waals surface area contributed by atoms with E-state index in [0.29, 0.717) is 0 Å². The van der Waals surface area contributed by atoms with Crippen molar-refractivity contribution in [3.8, 4) is 11.4 Å². The standard InChI is InChI=1S/C20H15N2/c1-3-9-18-15(6-1)8-5-11-20(18)21-13-12-17-14-16-7-2-4-10-19(16)22(17)21/h1-13H,14H2/q+1. The molecule has 104 valence electrons. The minimum atomic E-state index is 1.01. The second kappa shape index (κ2) is 4.31. The van der Waals surface area contributed by atoms with E-state index in [1.54, 1.807) is 0 Å². The van der Waals surface area contributed by atoms with Crippen molar-refractivity contribution in [3.63, 3.8) is 0 Å². The van der Waals surface area contributed by atoms with Gasteiger partial charge in [-0.15, -0.1) is 4.68 Å². The summed E-state index contributed by atoms with van der Waals surface area (Å²) in [4.78, 5) is 0. The molecular formula is C20H15N2+. The number of para-hydroxylation sites is 1. The summed E-state index contributed by atoms with van der Waals surface area (Å²) in [6.45, 7) is 0. The molecule has 0 aliphatic carbocycles. The molecule has 2 heterocycles. The molecule has 2 heteroatoms. The Morgan fingerprint density at radius 2 is 1.59 bits per heavy atom. The van der Waals surface area contributed by atoms with Crippen molar-refractivity contribution in [2.45, 2.75) is 6.42 Å². The number of hydrogen-bond acceptors (Lipinski definition) is 0. The summed E-state index contributed by atoms with van der Waals surface area (Å²) in [6.07, 6.45) is 3.18. The predicted molar refractivity (Wildman–Crippen MR) is 87.6 cm³/mol. The number of fused-ring (bicyclic) bond motifs is 4. The maximum Gasteiger partial charge on any atom is 0.243 e. The van der Waals surface area contributed by atoms with Gasteiger partial charge in [-0.25, -0.2) is 0 Å². The van der Waals surface area contributed by atoms with E-state index in [0.717, 1.165) is 6.42 Å². The average Bonchev–Trinajstić information content (AvgIpc) is 3.13. The van der Waals surface area contributed by atoms with Crippen molar-refractivity contribution in [1.82, 2.24) is 4.68 Å². The number of hydrogen-bond donors (Lipinski definition) is 0. The van der Waals surface area contributed by atoms with Gasteiger partial charge in [0.2, 0.25) is 11.9 Å². The molecule has 0 unspecified atom stereocenters. The van der Waals surface area contributed by atoms with Crippen LogP contribution in [0.1, 0.15) is 11.3 Å². The molecule has 22 heavy (non-hydrogen) atoms. The Kier molecular flexibility index (Phi) is 2.30. The van der Waals surface area contributed by atoms with Crippen molar-refractivity contribution < 1.29 is 4.68 Å². The van der Waals surface area contributed by atoms with Gasteiger partial charge in [0.1, 0.15) is 5.69 Å². The predicted octanol–water partition coefficient (Wildman–Crippen LogP) is 3.81. The van der Waals surface area contributed by atoms with Crippen LogP contribution in [0.15, 0.2) is 79.0 Å². The Hall–Kier alpha value is -2.87. The zero-order chi connectivity index (χ0) is 14.5. The molecule has 1 aliphatic rings. The van der Waals surface area contributed by atoms with Gasteiger partial charge in [0.15, 0.2) is 0 Å². The fourth-order valence-corrected chi connectivity index (χ4v) is 3.50. The smallest absolute Gasteiger partial charge is 0.119 e. The largest absolute Gasteiger partial charge is 0.243 e. The van der Waals surface area contributed by atoms with Crippen LogP contribution < -0.4 is 4.68 Å². The first-order valence-corrected chi connectivity index (χ1v) is 7.61. The summed E-state index contributed by atoms with van der Waals surface area (Å²) < 4.78 is 4.60. The highest BCUT2D eigenvalue weighted by Gasteiger charge is 2.27. The van der Waals surface area contributed by atoms with Gasteiger partial charge in [0, 0.05) is 18.6 Å². The van der Waals surface area contributed by atoms with E-state index in [4.69, 9.17) is 0 Å². The maximum absolute atomic E-state index is 2.33. The lowest BCUT2D eigenvalue weighted by atomic mass is 10.1. The SMILES string of the molecule is c1ccc2c(c1)Cc1cc[n+](-c3cccc4ccccc34)n1-2. The van der Waals surface area contributed by atoms with E-state index in [-0.39, 0.29) is 0 Å². The third-order valence-electron chi connectivity index (χ3n) is 4.50. The molecule has 5 rings (SSSR count). The summed E-state index contributed by atoms with van der Waals surface area (Å²) >= 11 is 0. The third kappa shape index (κ3) is 1.52. The van der Waals surface area contributed by atoms with Gasteiger partial charge in [-0.2, -0.15) is 0 Å². The minimum Gasteiger partial charge on any atom is -0.119 e. The van der Waals surface area contributed by atoms with Crippen LogP contribution in [0.2, 0.25) is 0 Å². The first kappa shape index (κ1) is 11.8. The van der Waals surface area contributed by atoms with E-state index < -0.39 is 0 Å². The Labute approximate surface area is 128 Å². The summed E-state index contributed by atoms with van der Waals surface area (Å²) in [5.74, 6) is 0. The Morgan fingerprint density at radius 3 is 2.59 bits per heavy atom. The fourth-order valence-electron chi connectivity index (χ4n) is 3.50. The van der Waals surface area contributed by atoms with Crippen LogP contribution in [-0.2, 0) is 6.42 Å². The summed E-state index contributed by atoms with van der Waals surface area (Å²) in [6, 6.07) is 25.9. The molecule has 0 N–H and O–H groups in total. The first-order chi connectivity index (χ1) is 10.9. The van der Waals surface area contributed by atoms with Crippen LogP contribution in [0.25, 0.3) is 22.1 Å². The fraction of sp³-hybridized carbons (Fsp3) is 0.0500. The molecule has 0 spiro atoms. The molecule has 0 amide bonds. The summed E-state index contributed by atoms with van der Waals surface area (Å²) in [5, 5.41) is 2.55. The maximum atomic E-state index is 2.33. The van der Waals surface area contributed by atoms with Crippen molar-refractivity contribution in [2.75, 3.05) is 0 Å². The van der Waals surface area contributed by atoms with Gasteiger partial charge in [0.25, 0.3) is 0 Å². The zero-order valence-electron chi connectivity index (χ0n) is 12.1. The van der Waals surface area contributed by atoms with Crippen molar-refractivity contribution in [3.05, 3.63) is 90.3 Å². The highest BCUT2D eigenvalue weighted by atomic mass is 15.4. The summed E-state index contributed by atoms with van der Waals surface area (Å²) in [5.41, 5.74) is 5.25. The van der Waals surface area contributed by atoms with Crippen molar-refractivity contribution in [2.24, 2.45) is 0 Å². The Balaban J connectivity index is 1.83. The topological polar surface area (TPSA) is 8.81 Å². The van der Waals surface area contributed by atoms with E-state index >= 15 is 0 Å². The Morgan fingerprint density at radius 1 is 0.773 bits per heavy atom. The molecule has 0 atom stereocenters. The van der Waals surface area contributed by atoms with Gasteiger partial charge < -0.3 is 0 Å². The van der Waals surface area contributed by atoms with Gasteiger partial charge in [-0.1, -0.05) is 53.2 Å². The molecule has 1 aromatic heterocycles.